The second-order valence-electron chi connectivity index (χ2n) is 8.79. The molecule has 6 rings (SSSR count). The van der Waals surface area contributed by atoms with E-state index in [-0.39, 0.29) is 0 Å². The first kappa shape index (κ1) is 21.0. The molecule has 0 fully saturated rings. The van der Waals surface area contributed by atoms with Crippen LogP contribution in [0.5, 0.6) is 0 Å². The van der Waals surface area contributed by atoms with E-state index in [2.05, 4.69) is 114 Å². The first-order valence-electron chi connectivity index (χ1n) is 11.8. The Morgan fingerprint density at radius 2 is 1.20 bits per heavy atom. The normalized spacial score (nSPS) is 11.0. The maximum atomic E-state index is 4.60. The SMILES string of the molecule is Cc1ccc(-c2ccc(-c3cc(-c4ccccn4)ccc3-c3ccccc3)c3ccncc23)cc1. The Morgan fingerprint density at radius 1 is 0.486 bits per heavy atom. The monoisotopic (exact) mass is 448 g/mol. The van der Waals surface area contributed by atoms with E-state index in [0.717, 1.165) is 16.6 Å². The lowest BCUT2D eigenvalue weighted by Crippen LogP contribution is -1.92. The van der Waals surface area contributed by atoms with Crippen LogP contribution in [-0.2, 0) is 0 Å². The minimum absolute atomic E-state index is 0.968. The molecule has 35 heavy (non-hydrogen) atoms. The molecular weight excluding hydrogens is 424 g/mol. The topological polar surface area (TPSA) is 25.8 Å². The van der Waals surface area contributed by atoms with Gasteiger partial charge in [0.25, 0.3) is 0 Å². The highest BCUT2D eigenvalue weighted by molar-refractivity contribution is 6.06. The molecule has 2 aromatic heterocycles. The molecule has 166 valence electrons. The van der Waals surface area contributed by atoms with E-state index < -0.39 is 0 Å². The van der Waals surface area contributed by atoms with Gasteiger partial charge in [-0.1, -0.05) is 90.5 Å². The Kier molecular flexibility index (Phi) is 5.40. The minimum Gasteiger partial charge on any atom is -0.264 e. The molecule has 0 aliphatic rings. The molecule has 2 nitrogen and oxygen atoms in total. The third-order valence-corrected chi connectivity index (χ3v) is 6.54. The fourth-order valence-electron chi connectivity index (χ4n) is 4.74. The van der Waals surface area contributed by atoms with Gasteiger partial charge in [-0.2, -0.15) is 0 Å². The molecule has 0 atom stereocenters. The standard InChI is InChI=1S/C33H24N2/c1-23-10-12-25(13-11-23)28-16-17-29(30-18-20-34-22-32(28)30)31-21-26(33-9-5-6-19-35-33)14-15-27(31)24-7-3-2-4-8-24/h2-22H,1H3. The van der Waals surface area contributed by atoms with Gasteiger partial charge >= 0.3 is 0 Å². The number of rotatable bonds is 4. The molecule has 0 saturated heterocycles. The smallest absolute Gasteiger partial charge is 0.0702 e. The summed E-state index contributed by atoms with van der Waals surface area (Å²) in [7, 11) is 0. The highest BCUT2D eigenvalue weighted by Crippen LogP contribution is 2.41. The van der Waals surface area contributed by atoms with E-state index in [1.54, 1.807) is 0 Å². The number of hydrogen-bond donors (Lipinski definition) is 0. The van der Waals surface area contributed by atoms with E-state index >= 15 is 0 Å². The summed E-state index contributed by atoms with van der Waals surface area (Å²) in [6, 6.07) is 38.6. The quantitative estimate of drug-likeness (QED) is 0.270. The van der Waals surface area contributed by atoms with Crippen molar-refractivity contribution in [3.8, 4) is 44.6 Å². The Morgan fingerprint density at radius 3 is 2.00 bits per heavy atom. The first-order valence-corrected chi connectivity index (χ1v) is 11.8. The highest BCUT2D eigenvalue weighted by Gasteiger charge is 2.15. The molecule has 0 N–H and O–H groups in total. The number of fused-ring (bicyclic) bond motifs is 1. The second-order valence-corrected chi connectivity index (χ2v) is 8.79. The first-order chi connectivity index (χ1) is 17.3. The number of aromatic nitrogens is 2. The second kappa shape index (κ2) is 9.00. The zero-order valence-electron chi connectivity index (χ0n) is 19.5. The van der Waals surface area contributed by atoms with Gasteiger partial charge in [0, 0.05) is 29.5 Å². The van der Waals surface area contributed by atoms with Crippen molar-refractivity contribution < 1.29 is 0 Å². The fourth-order valence-corrected chi connectivity index (χ4v) is 4.74. The summed E-state index contributed by atoms with van der Waals surface area (Å²) in [5.41, 5.74) is 10.5. The van der Waals surface area contributed by atoms with Crippen molar-refractivity contribution in [2.75, 3.05) is 0 Å². The zero-order chi connectivity index (χ0) is 23.6. The van der Waals surface area contributed by atoms with E-state index in [1.165, 1.54) is 44.3 Å². The molecule has 2 heterocycles. The average molecular weight is 449 g/mol. The van der Waals surface area contributed by atoms with Crippen LogP contribution >= 0.6 is 0 Å². The Labute approximate surface area is 205 Å². The van der Waals surface area contributed by atoms with Crippen LogP contribution in [0.4, 0.5) is 0 Å². The van der Waals surface area contributed by atoms with E-state index in [4.69, 9.17) is 0 Å². The van der Waals surface area contributed by atoms with Crippen molar-refractivity contribution in [3.05, 3.63) is 133 Å². The predicted molar refractivity (Wildman–Crippen MR) is 146 cm³/mol. The summed E-state index contributed by atoms with van der Waals surface area (Å²) in [4.78, 5) is 9.09. The molecule has 0 aliphatic carbocycles. The van der Waals surface area contributed by atoms with Gasteiger partial charge in [-0.05, 0) is 70.0 Å². The number of benzene rings is 4. The van der Waals surface area contributed by atoms with Gasteiger partial charge in [0.05, 0.1) is 5.69 Å². The van der Waals surface area contributed by atoms with Crippen LogP contribution in [0.15, 0.2) is 128 Å². The third-order valence-electron chi connectivity index (χ3n) is 6.54. The lowest BCUT2D eigenvalue weighted by atomic mass is 9.88. The molecule has 0 saturated carbocycles. The van der Waals surface area contributed by atoms with Gasteiger partial charge in [-0.15, -0.1) is 0 Å². The van der Waals surface area contributed by atoms with Gasteiger partial charge in [-0.3, -0.25) is 9.97 Å². The van der Waals surface area contributed by atoms with E-state index in [0.29, 0.717) is 0 Å². The van der Waals surface area contributed by atoms with Crippen LogP contribution in [0.1, 0.15) is 5.56 Å². The van der Waals surface area contributed by atoms with Gasteiger partial charge < -0.3 is 0 Å². The molecule has 0 spiro atoms. The Bertz CT molecular complexity index is 1620. The molecule has 6 aromatic rings. The van der Waals surface area contributed by atoms with Crippen LogP contribution in [0, 0.1) is 6.92 Å². The van der Waals surface area contributed by atoms with Gasteiger partial charge in [0.1, 0.15) is 0 Å². The van der Waals surface area contributed by atoms with Crippen LogP contribution in [0.3, 0.4) is 0 Å². The molecule has 0 unspecified atom stereocenters. The number of nitrogens with zero attached hydrogens (tertiary/aromatic N) is 2. The molecule has 0 amide bonds. The summed E-state index contributed by atoms with van der Waals surface area (Å²) in [5.74, 6) is 0. The van der Waals surface area contributed by atoms with Gasteiger partial charge in [0.2, 0.25) is 0 Å². The van der Waals surface area contributed by atoms with Crippen molar-refractivity contribution in [1.29, 1.82) is 0 Å². The largest absolute Gasteiger partial charge is 0.264 e. The maximum absolute atomic E-state index is 4.60. The molecule has 4 aromatic carbocycles. The van der Waals surface area contributed by atoms with Crippen molar-refractivity contribution in [2.45, 2.75) is 6.92 Å². The molecule has 0 aliphatic heterocycles. The summed E-state index contributed by atoms with van der Waals surface area (Å²) in [6.07, 6.45) is 5.71. The highest BCUT2D eigenvalue weighted by atomic mass is 14.7. The van der Waals surface area contributed by atoms with Gasteiger partial charge in [0.15, 0.2) is 0 Å². The molecule has 2 heteroatoms. The van der Waals surface area contributed by atoms with Gasteiger partial charge in [-0.25, -0.2) is 0 Å². The maximum Gasteiger partial charge on any atom is 0.0702 e. The lowest BCUT2D eigenvalue weighted by molar-refractivity contribution is 1.33. The Balaban J connectivity index is 1.61. The van der Waals surface area contributed by atoms with E-state index in [9.17, 15) is 0 Å². The molecule has 0 bridgehead atoms. The third kappa shape index (κ3) is 4.00. The van der Waals surface area contributed by atoms with Crippen LogP contribution in [-0.4, -0.2) is 9.97 Å². The number of aryl methyl sites for hydroxylation is 1. The number of hydrogen-bond acceptors (Lipinski definition) is 2. The molecular formula is C33H24N2. The lowest BCUT2D eigenvalue weighted by Gasteiger charge is -2.16. The predicted octanol–water partition coefficient (Wildman–Crippen LogP) is 8.61. The molecule has 0 radical (unpaired) electrons. The van der Waals surface area contributed by atoms with Crippen molar-refractivity contribution in [3.63, 3.8) is 0 Å². The average Bonchev–Trinajstić information content (AvgIpc) is 2.94. The minimum atomic E-state index is 0.968. The zero-order valence-corrected chi connectivity index (χ0v) is 19.5. The number of pyridine rings is 2. The summed E-state index contributed by atoms with van der Waals surface area (Å²) in [5, 5.41) is 2.34. The van der Waals surface area contributed by atoms with Crippen molar-refractivity contribution in [1.82, 2.24) is 9.97 Å². The van der Waals surface area contributed by atoms with Crippen LogP contribution < -0.4 is 0 Å². The van der Waals surface area contributed by atoms with Crippen LogP contribution in [0.25, 0.3) is 55.4 Å². The van der Waals surface area contributed by atoms with E-state index in [1.807, 2.05) is 30.7 Å². The summed E-state index contributed by atoms with van der Waals surface area (Å²) in [6.45, 7) is 2.12. The fraction of sp³-hybridized carbons (Fsp3) is 0.0303. The van der Waals surface area contributed by atoms with Crippen LogP contribution in [0.2, 0.25) is 0 Å². The Hall–Kier alpha value is -4.56. The summed E-state index contributed by atoms with van der Waals surface area (Å²) < 4.78 is 0. The summed E-state index contributed by atoms with van der Waals surface area (Å²) >= 11 is 0. The van der Waals surface area contributed by atoms with Crippen molar-refractivity contribution in [2.24, 2.45) is 0 Å². The van der Waals surface area contributed by atoms with Crippen molar-refractivity contribution >= 4 is 10.8 Å².